The van der Waals surface area contributed by atoms with Crippen LogP contribution in [0.5, 0.6) is 0 Å². The molecule has 0 bridgehead atoms. The van der Waals surface area contributed by atoms with Gasteiger partial charge in [-0.2, -0.15) is 0 Å². The van der Waals surface area contributed by atoms with Gasteiger partial charge in [0.2, 0.25) is 5.91 Å². The van der Waals surface area contributed by atoms with Crippen molar-refractivity contribution in [2.24, 2.45) is 5.73 Å². The molecule has 1 atom stereocenters. The lowest BCUT2D eigenvalue weighted by Crippen LogP contribution is -2.26. The molecule has 1 rings (SSSR count). The molecule has 18 heavy (non-hydrogen) atoms. The first-order chi connectivity index (χ1) is 8.65. The van der Waals surface area contributed by atoms with Crippen LogP contribution in [-0.2, 0) is 4.79 Å². The molecule has 0 aliphatic rings. The summed E-state index contributed by atoms with van der Waals surface area (Å²) >= 11 is 0. The summed E-state index contributed by atoms with van der Waals surface area (Å²) in [5.74, 6) is -0.323. The van der Waals surface area contributed by atoms with Crippen molar-refractivity contribution in [3.63, 3.8) is 0 Å². The minimum atomic E-state index is -0.298. The van der Waals surface area contributed by atoms with Crippen LogP contribution in [0, 0.1) is 5.82 Å². The van der Waals surface area contributed by atoms with Gasteiger partial charge in [-0.05, 0) is 32.4 Å². The van der Waals surface area contributed by atoms with Crippen molar-refractivity contribution in [1.82, 2.24) is 5.32 Å². The molecule has 1 aromatic carbocycles. The van der Waals surface area contributed by atoms with Crippen molar-refractivity contribution < 1.29 is 9.18 Å². The summed E-state index contributed by atoms with van der Waals surface area (Å²) in [6.07, 6.45) is 3.19. The third-order valence-electron chi connectivity index (χ3n) is 2.86. The van der Waals surface area contributed by atoms with E-state index in [1.165, 1.54) is 6.07 Å². The lowest BCUT2D eigenvalue weighted by atomic mass is 10.1. The molecule has 0 saturated heterocycles. The SMILES string of the molecule is C[C@@H](NC(=O)CCCCCN)c1ccccc1F. The maximum absolute atomic E-state index is 13.5. The zero-order valence-electron chi connectivity index (χ0n) is 10.8. The normalized spacial score (nSPS) is 12.2. The highest BCUT2D eigenvalue weighted by molar-refractivity contribution is 5.76. The maximum atomic E-state index is 13.5. The van der Waals surface area contributed by atoms with Gasteiger partial charge in [-0.15, -0.1) is 0 Å². The Morgan fingerprint density at radius 3 is 2.72 bits per heavy atom. The Morgan fingerprint density at radius 1 is 1.33 bits per heavy atom. The molecule has 1 aromatic rings. The minimum absolute atomic E-state index is 0.0391. The van der Waals surface area contributed by atoms with Crippen LogP contribution < -0.4 is 11.1 Å². The van der Waals surface area contributed by atoms with Gasteiger partial charge in [0, 0.05) is 12.0 Å². The lowest BCUT2D eigenvalue weighted by molar-refractivity contribution is -0.121. The standard InChI is InChI=1S/C14H21FN2O/c1-11(12-7-4-5-8-13(12)15)17-14(18)9-3-2-6-10-16/h4-5,7-8,11H,2-3,6,9-10,16H2,1H3,(H,17,18)/t11-/m1/s1. The van der Waals surface area contributed by atoms with E-state index in [0.29, 0.717) is 18.5 Å². The molecule has 0 aliphatic heterocycles. The fraction of sp³-hybridized carbons (Fsp3) is 0.500. The van der Waals surface area contributed by atoms with Gasteiger partial charge in [0.15, 0.2) is 0 Å². The van der Waals surface area contributed by atoms with Crippen LogP contribution in [-0.4, -0.2) is 12.5 Å². The molecule has 4 heteroatoms. The number of benzene rings is 1. The van der Waals surface area contributed by atoms with Gasteiger partial charge in [0.25, 0.3) is 0 Å². The summed E-state index contributed by atoms with van der Waals surface area (Å²) in [4.78, 5) is 11.6. The van der Waals surface area contributed by atoms with E-state index in [-0.39, 0.29) is 17.8 Å². The van der Waals surface area contributed by atoms with E-state index >= 15 is 0 Å². The number of halogens is 1. The second-order valence-corrected chi connectivity index (χ2v) is 4.41. The highest BCUT2D eigenvalue weighted by atomic mass is 19.1. The minimum Gasteiger partial charge on any atom is -0.349 e. The summed E-state index contributed by atoms with van der Waals surface area (Å²) in [6, 6.07) is 6.20. The zero-order valence-corrected chi connectivity index (χ0v) is 10.8. The summed E-state index contributed by atoms with van der Waals surface area (Å²) in [6.45, 7) is 2.45. The molecule has 3 nitrogen and oxygen atoms in total. The van der Waals surface area contributed by atoms with Crippen LogP contribution in [0.1, 0.15) is 44.2 Å². The smallest absolute Gasteiger partial charge is 0.220 e. The number of hydrogen-bond acceptors (Lipinski definition) is 2. The maximum Gasteiger partial charge on any atom is 0.220 e. The predicted molar refractivity (Wildman–Crippen MR) is 70.5 cm³/mol. The van der Waals surface area contributed by atoms with Gasteiger partial charge in [-0.25, -0.2) is 4.39 Å². The molecule has 0 aromatic heterocycles. The zero-order chi connectivity index (χ0) is 13.4. The first-order valence-corrected chi connectivity index (χ1v) is 6.39. The van der Waals surface area contributed by atoms with E-state index in [1.54, 1.807) is 25.1 Å². The highest BCUT2D eigenvalue weighted by Crippen LogP contribution is 2.16. The average molecular weight is 252 g/mol. The Bertz CT molecular complexity index is 382. The van der Waals surface area contributed by atoms with Gasteiger partial charge >= 0.3 is 0 Å². The van der Waals surface area contributed by atoms with Crippen LogP contribution >= 0.6 is 0 Å². The molecule has 0 saturated carbocycles. The molecule has 0 radical (unpaired) electrons. The van der Waals surface area contributed by atoms with E-state index in [0.717, 1.165) is 19.3 Å². The monoisotopic (exact) mass is 252 g/mol. The Morgan fingerprint density at radius 2 is 2.06 bits per heavy atom. The van der Waals surface area contributed by atoms with Crippen LogP contribution in [0.2, 0.25) is 0 Å². The van der Waals surface area contributed by atoms with E-state index < -0.39 is 0 Å². The van der Waals surface area contributed by atoms with E-state index in [2.05, 4.69) is 5.32 Å². The fourth-order valence-corrected chi connectivity index (χ4v) is 1.82. The number of hydrogen-bond donors (Lipinski definition) is 2. The number of carbonyl (C=O) groups is 1. The second-order valence-electron chi connectivity index (χ2n) is 4.41. The number of amides is 1. The van der Waals surface area contributed by atoms with E-state index in [9.17, 15) is 9.18 Å². The first kappa shape index (κ1) is 14.6. The van der Waals surface area contributed by atoms with Gasteiger partial charge in [0.05, 0.1) is 6.04 Å². The van der Waals surface area contributed by atoms with E-state index in [1.807, 2.05) is 0 Å². The largest absolute Gasteiger partial charge is 0.349 e. The molecule has 0 unspecified atom stereocenters. The van der Waals surface area contributed by atoms with E-state index in [4.69, 9.17) is 5.73 Å². The summed E-state index contributed by atoms with van der Waals surface area (Å²) in [7, 11) is 0. The summed E-state index contributed by atoms with van der Waals surface area (Å²) < 4.78 is 13.5. The van der Waals surface area contributed by atoms with Crippen molar-refractivity contribution >= 4 is 5.91 Å². The second kappa shape index (κ2) is 7.82. The topological polar surface area (TPSA) is 55.1 Å². The number of nitrogens with two attached hydrogens (primary N) is 1. The molecule has 0 aliphatic carbocycles. The molecule has 1 amide bonds. The summed E-state index contributed by atoms with van der Waals surface area (Å²) in [5, 5.41) is 2.80. The van der Waals surface area contributed by atoms with Crippen molar-refractivity contribution in [2.45, 2.75) is 38.6 Å². The molecule has 100 valence electrons. The molecular formula is C14H21FN2O. The van der Waals surface area contributed by atoms with Crippen LogP contribution in [0.25, 0.3) is 0 Å². The molecular weight excluding hydrogens is 231 g/mol. The quantitative estimate of drug-likeness (QED) is 0.733. The van der Waals surface area contributed by atoms with Crippen LogP contribution in [0.4, 0.5) is 4.39 Å². The van der Waals surface area contributed by atoms with Crippen molar-refractivity contribution in [2.75, 3.05) is 6.54 Å². The third-order valence-corrected chi connectivity index (χ3v) is 2.86. The Kier molecular flexibility index (Phi) is 6.36. The Labute approximate surface area is 108 Å². The third kappa shape index (κ3) is 4.84. The lowest BCUT2D eigenvalue weighted by Gasteiger charge is -2.14. The first-order valence-electron chi connectivity index (χ1n) is 6.39. The molecule has 3 N–H and O–H groups in total. The highest BCUT2D eigenvalue weighted by Gasteiger charge is 2.12. The fourth-order valence-electron chi connectivity index (χ4n) is 1.82. The van der Waals surface area contributed by atoms with Gasteiger partial charge < -0.3 is 11.1 Å². The van der Waals surface area contributed by atoms with Crippen molar-refractivity contribution in [3.8, 4) is 0 Å². The van der Waals surface area contributed by atoms with Crippen molar-refractivity contribution in [3.05, 3.63) is 35.6 Å². The van der Waals surface area contributed by atoms with Crippen LogP contribution in [0.3, 0.4) is 0 Å². The van der Waals surface area contributed by atoms with Crippen LogP contribution in [0.15, 0.2) is 24.3 Å². The number of nitrogens with one attached hydrogen (secondary N) is 1. The van der Waals surface area contributed by atoms with Gasteiger partial charge in [-0.1, -0.05) is 24.6 Å². The summed E-state index contributed by atoms with van der Waals surface area (Å²) in [5.41, 5.74) is 5.90. The predicted octanol–water partition coefficient (Wildman–Crippen LogP) is 2.52. The number of rotatable bonds is 7. The van der Waals surface area contributed by atoms with Crippen molar-refractivity contribution in [1.29, 1.82) is 0 Å². The Balaban J connectivity index is 2.38. The molecule has 0 heterocycles. The number of carbonyl (C=O) groups excluding carboxylic acids is 1. The average Bonchev–Trinajstić information content (AvgIpc) is 2.35. The van der Waals surface area contributed by atoms with Gasteiger partial charge in [-0.3, -0.25) is 4.79 Å². The molecule has 0 spiro atoms. The Hall–Kier alpha value is -1.42. The molecule has 0 fully saturated rings. The van der Waals surface area contributed by atoms with Gasteiger partial charge in [0.1, 0.15) is 5.82 Å². The number of unbranched alkanes of at least 4 members (excludes halogenated alkanes) is 2.